The smallest absolute Gasteiger partial charge is 0.170 e. The quantitative estimate of drug-likeness (QED) is 0.515. The van der Waals surface area contributed by atoms with Gasteiger partial charge in [-0.3, -0.25) is 9.59 Å². The molecule has 132 valence electrons. The van der Waals surface area contributed by atoms with Crippen molar-refractivity contribution < 1.29 is 19.1 Å². The van der Waals surface area contributed by atoms with Crippen LogP contribution in [0.25, 0.3) is 0 Å². The predicted octanol–water partition coefficient (Wildman–Crippen LogP) is 4.72. The monoisotopic (exact) mass is 340 g/mol. The van der Waals surface area contributed by atoms with Crippen molar-refractivity contribution in [3.05, 3.63) is 59.7 Å². The van der Waals surface area contributed by atoms with Crippen LogP contribution in [0.15, 0.2) is 48.5 Å². The molecule has 0 atom stereocenters. The van der Waals surface area contributed by atoms with Gasteiger partial charge in [-0.1, -0.05) is 0 Å². The van der Waals surface area contributed by atoms with E-state index in [9.17, 15) is 9.59 Å². The molecule has 0 aromatic heterocycles. The third kappa shape index (κ3) is 5.75. The molecular formula is C21H24O4. The summed E-state index contributed by atoms with van der Waals surface area (Å²) in [5.41, 5.74) is 1.01. The Morgan fingerprint density at radius 3 is 1.28 bits per heavy atom. The maximum absolute atomic E-state index is 12.3. The molecular weight excluding hydrogens is 316 g/mol. The van der Waals surface area contributed by atoms with Crippen molar-refractivity contribution >= 4 is 11.6 Å². The van der Waals surface area contributed by atoms with E-state index in [1.54, 1.807) is 48.5 Å². The minimum Gasteiger partial charge on any atom is -0.491 e. The Balaban J connectivity index is 1.98. The topological polar surface area (TPSA) is 52.6 Å². The van der Waals surface area contributed by atoms with Crippen LogP contribution in [0.5, 0.6) is 11.5 Å². The summed E-state index contributed by atoms with van der Waals surface area (Å²) in [5, 5.41) is 0. The molecule has 0 heterocycles. The molecule has 4 nitrogen and oxygen atoms in total. The molecule has 0 spiro atoms. The maximum Gasteiger partial charge on any atom is 0.170 e. The molecule has 0 N–H and O–H groups in total. The second-order valence-corrected chi connectivity index (χ2v) is 6.41. The predicted molar refractivity (Wildman–Crippen MR) is 97.7 cm³/mol. The average molecular weight is 340 g/mol. The number of carbonyl (C=O) groups excluding carboxylic acids is 2. The highest BCUT2D eigenvalue weighted by Crippen LogP contribution is 2.18. The summed E-state index contributed by atoms with van der Waals surface area (Å²) in [6.45, 7) is 7.76. The lowest BCUT2D eigenvalue weighted by atomic mass is 10.0. The SMILES string of the molecule is CC(C)Oc1ccc(C(=O)CC(=O)c2ccc(OC(C)C)cc2)cc1. The van der Waals surface area contributed by atoms with E-state index in [1.807, 2.05) is 27.7 Å². The third-order valence-corrected chi connectivity index (χ3v) is 3.42. The summed E-state index contributed by atoms with van der Waals surface area (Å²) in [7, 11) is 0. The fraction of sp³-hybridized carbons (Fsp3) is 0.333. The van der Waals surface area contributed by atoms with Gasteiger partial charge < -0.3 is 9.47 Å². The first-order chi connectivity index (χ1) is 11.8. The van der Waals surface area contributed by atoms with Crippen molar-refractivity contribution in [1.29, 1.82) is 0 Å². The maximum atomic E-state index is 12.3. The van der Waals surface area contributed by atoms with Crippen LogP contribution < -0.4 is 9.47 Å². The van der Waals surface area contributed by atoms with Crippen molar-refractivity contribution in [3.63, 3.8) is 0 Å². The molecule has 0 saturated carbocycles. The van der Waals surface area contributed by atoms with Crippen molar-refractivity contribution in [2.75, 3.05) is 0 Å². The molecule has 25 heavy (non-hydrogen) atoms. The minimum atomic E-state index is -0.205. The molecule has 0 radical (unpaired) electrons. The zero-order chi connectivity index (χ0) is 18.4. The largest absolute Gasteiger partial charge is 0.491 e. The lowest BCUT2D eigenvalue weighted by molar-refractivity contribution is 0.0894. The van der Waals surface area contributed by atoms with Crippen LogP contribution in [-0.4, -0.2) is 23.8 Å². The van der Waals surface area contributed by atoms with Crippen LogP contribution in [0.1, 0.15) is 54.8 Å². The number of rotatable bonds is 8. The van der Waals surface area contributed by atoms with E-state index < -0.39 is 0 Å². The molecule has 0 aliphatic heterocycles. The number of hydrogen-bond acceptors (Lipinski definition) is 4. The number of hydrogen-bond donors (Lipinski definition) is 0. The zero-order valence-electron chi connectivity index (χ0n) is 15.1. The Morgan fingerprint density at radius 1 is 0.680 bits per heavy atom. The van der Waals surface area contributed by atoms with Crippen molar-refractivity contribution in [3.8, 4) is 11.5 Å². The van der Waals surface area contributed by atoms with Crippen LogP contribution >= 0.6 is 0 Å². The first kappa shape index (κ1) is 18.7. The summed E-state index contributed by atoms with van der Waals surface area (Å²) < 4.78 is 11.1. The van der Waals surface area contributed by atoms with E-state index in [-0.39, 0.29) is 30.2 Å². The summed E-state index contributed by atoms with van der Waals surface area (Å²) >= 11 is 0. The van der Waals surface area contributed by atoms with Crippen molar-refractivity contribution in [1.82, 2.24) is 0 Å². The first-order valence-corrected chi connectivity index (χ1v) is 8.45. The Kier molecular flexibility index (Phi) is 6.34. The third-order valence-electron chi connectivity index (χ3n) is 3.42. The standard InChI is InChI=1S/C21H24O4/c1-14(2)24-18-9-5-16(6-10-18)20(22)13-21(23)17-7-11-19(12-8-17)25-15(3)4/h5-12,14-15H,13H2,1-4H3. The minimum absolute atomic E-state index is 0.0748. The van der Waals surface area contributed by atoms with Gasteiger partial charge in [0, 0.05) is 11.1 Å². The highest BCUT2D eigenvalue weighted by Gasteiger charge is 2.14. The highest BCUT2D eigenvalue weighted by molar-refractivity contribution is 6.13. The van der Waals surface area contributed by atoms with Gasteiger partial charge in [0.15, 0.2) is 11.6 Å². The summed E-state index contributed by atoms with van der Waals surface area (Å²) in [5.74, 6) is 1.00. The van der Waals surface area contributed by atoms with Gasteiger partial charge in [0.05, 0.1) is 18.6 Å². The molecule has 0 aliphatic carbocycles. The van der Waals surface area contributed by atoms with Gasteiger partial charge in [0.25, 0.3) is 0 Å². The number of ketones is 2. The molecule has 0 amide bonds. The van der Waals surface area contributed by atoms with Crippen LogP contribution in [0.2, 0.25) is 0 Å². The van der Waals surface area contributed by atoms with Crippen LogP contribution in [0.4, 0.5) is 0 Å². The second-order valence-electron chi connectivity index (χ2n) is 6.41. The van der Waals surface area contributed by atoms with Crippen molar-refractivity contribution in [2.45, 2.75) is 46.3 Å². The van der Waals surface area contributed by atoms with Gasteiger partial charge in [-0.2, -0.15) is 0 Å². The molecule has 4 heteroatoms. The van der Waals surface area contributed by atoms with E-state index in [1.165, 1.54) is 0 Å². The number of ether oxygens (including phenoxy) is 2. The number of carbonyl (C=O) groups is 2. The molecule has 0 fully saturated rings. The van der Waals surface area contributed by atoms with E-state index in [4.69, 9.17) is 9.47 Å². The van der Waals surface area contributed by atoms with Crippen LogP contribution in [0.3, 0.4) is 0 Å². The molecule has 0 aliphatic rings. The van der Waals surface area contributed by atoms with E-state index in [2.05, 4.69) is 0 Å². The van der Waals surface area contributed by atoms with E-state index >= 15 is 0 Å². The van der Waals surface area contributed by atoms with Gasteiger partial charge in [-0.15, -0.1) is 0 Å². The number of Topliss-reactive ketones (excluding diaryl/α,β-unsaturated/α-hetero) is 2. The molecule has 0 saturated heterocycles. The summed E-state index contributed by atoms with van der Waals surface area (Å²) in [6, 6.07) is 13.7. The molecule has 2 rings (SSSR count). The van der Waals surface area contributed by atoms with Gasteiger partial charge in [0.2, 0.25) is 0 Å². The fourth-order valence-corrected chi connectivity index (χ4v) is 2.33. The van der Waals surface area contributed by atoms with Gasteiger partial charge >= 0.3 is 0 Å². The van der Waals surface area contributed by atoms with Crippen molar-refractivity contribution in [2.24, 2.45) is 0 Å². The second kappa shape index (κ2) is 8.47. The molecule has 2 aromatic carbocycles. The lowest BCUT2D eigenvalue weighted by Crippen LogP contribution is -2.10. The van der Waals surface area contributed by atoms with Gasteiger partial charge in [0.1, 0.15) is 11.5 Å². The summed E-state index contributed by atoms with van der Waals surface area (Å²) in [4.78, 5) is 24.6. The van der Waals surface area contributed by atoms with Crippen LogP contribution in [-0.2, 0) is 0 Å². The molecule has 2 aromatic rings. The van der Waals surface area contributed by atoms with Gasteiger partial charge in [-0.05, 0) is 76.2 Å². The Labute approximate surface area is 148 Å². The fourth-order valence-electron chi connectivity index (χ4n) is 2.33. The summed E-state index contributed by atoms with van der Waals surface area (Å²) in [6.07, 6.45) is -0.00838. The van der Waals surface area contributed by atoms with E-state index in [0.717, 1.165) is 0 Å². The number of benzene rings is 2. The molecule has 0 unspecified atom stereocenters. The zero-order valence-corrected chi connectivity index (χ0v) is 15.1. The Hall–Kier alpha value is -2.62. The van der Waals surface area contributed by atoms with E-state index in [0.29, 0.717) is 22.6 Å². The lowest BCUT2D eigenvalue weighted by Gasteiger charge is -2.10. The molecule has 0 bridgehead atoms. The first-order valence-electron chi connectivity index (χ1n) is 8.45. The van der Waals surface area contributed by atoms with Gasteiger partial charge in [-0.25, -0.2) is 0 Å². The Morgan fingerprint density at radius 2 is 1.00 bits per heavy atom. The normalized spacial score (nSPS) is 10.8. The highest BCUT2D eigenvalue weighted by atomic mass is 16.5. The Bertz CT molecular complexity index is 649. The van der Waals surface area contributed by atoms with Crippen LogP contribution in [0, 0.1) is 0 Å². The average Bonchev–Trinajstić information content (AvgIpc) is 2.55.